The Hall–Kier alpha value is -1.40. The van der Waals surface area contributed by atoms with Gasteiger partial charge in [0.25, 0.3) is 0 Å². The van der Waals surface area contributed by atoms with E-state index in [1.165, 1.54) is 11.3 Å². The van der Waals surface area contributed by atoms with Crippen molar-refractivity contribution in [3.05, 3.63) is 58.3 Å². The van der Waals surface area contributed by atoms with E-state index >= 15 is 0 Å². The van der Waals surface area contributed by atoms with Gasteiger partial charge in [-0.3, -0.25) is 4.79 Å². The maximum absolute atomic E-state index is 12.1. The Morgan fingerprint density at radius 1 is 1.24 bits per heavy atom. The van der Waals surface area contributed by atoms with E-state index in [4.69, 9.17) is 5.73 Å². The SMILES string of the molecule is Cl.NCC(C(=O)NCC(O)c1ccsc1)c1ccccc1. The molecule has 0 radical (unpaired) electrons. The fourth-order valence-corrected chi connectivity index (χ4v) is 2.69. The van der Waals surface area contributed by atoms with E-state index < -0.39 is 6.10 Å². The van der Waals surface area contributed by atoms with E-state index in [0.29, 0.717) is 0 Å². The predicted octanol–water partition coefficient (Wildman–Crippen LogP) is 2.06. The van der Waals surface area contributed by atoms with Crippen molar-refractivity contribution in [2.45, 2.75) is 12.0 Å². The second-order valence-corrected chi connectivity index (χ2v) is 5.30. The van der Waals surface area contributed by atoms with Gasteiger partial charge in [-0.1, -0.05) is 30.3 Å². The average Bonchev–Trinajstić information content (AvgIpc) is 3.01. The predicted molar refractivity (Wildman–Crippen MR) is 87.8 cm³/mol. The van der Waals surface area contributed by atoms with E-state index in [2.05, 4.69) is 5.32 Å². The summed E-state index contributed by atoms with van der Waals surface area (Å²) in [5.74, 6) is -0.543. The first-order valence-electron chi connectivity index (χ1n) is 6.45. The Morgan fingerprint density at radius 3 is 2.52 bits per heavy atom. The zero-order valence-electron chi connectivity index (χ0n) is 11.4. The Bertz CT molecular complexity index is 534. The van der Waals surface area contributed by atoms with Crippen LogP contribution in [0.4, 0.5) is 0 Å². The number of carbonyl (C=O) groups is 1. The maximum Gasteiger partial charge on any atom is 0.228 e. The summed E-state index contributed by atoms with van der Waals surface area (Å²) in [5, 5.41) is 16.5. The van der Waals surface area contributed by atoms with Gasteiger partial charge in [-0.15, -0.1) is 12.4 Å². The van der Waals surface area contributed by atoms with Crippen molar-refractivity contribution in [3.63, 3.8) is 0 Å². The third-order valence-corrected chi connectivity index (χ3v) is 3.85. The van der Waals surface area contributed by atoms with Gasteiger partial charge in [0.15, 0.2) is 0 Å². The van der Waals surface area contributed by atoms with E-state index in [9.17, 15) is 9.90 Å². The van der Waals surface area contributed by atoms with Gasteiger partial charge in [0.1, 0.15) is 0 Å². The smallest absolute Gasteiger partial charge is 0.228 e. The van der Waals surface area contributed by atoms with Crippen molar-refractivity contribution in [1.82, 2.24) is 5.32 Å². The van der Waals surface area contributed by atoms with Crippen LogP contribution in [0, 0.1) is 0 Å². The van der Waals surface area contributed by atoms with Gasteiger partial charge in [0.05, 0.1) is 12.0 Å². The van der Waals surface area contributed by atoms with Crippen molar-refractivity contribution < 1.29 is 9.90 Å². The van der Waals surface area contributed by atoms with Crippen molar-refractivity contribution in [3.8, 4) is 0 Å². The molecule has 2 unspecified atom stereocenters. The number of nitrogens with one attached hydrogen (secondary N) is 1. The topological polar surface area (TPSA) is 75.4 Å². The van der Waals surface area contributed by atoms with Gasteiger partial charge in [0, 0.05) is 13.1 Å². The molecular weight excluding hydrogens is 308 g/mol. The number of aliphatic hydroxyl groups is 1. The Balaban J connectivity index is 0.00000220. The molecular formula is C15H19ClN2O2S. The molecule has 0 bridgehead atoms. The van der Waals surface area contributed by atoms with Crippen molar-refractivity contribution >= 4 is 29.7 Å². The molecule has 0 aliphatic rings. The number of hydrogen-bond acceptors (Lipinski definition) is 4. The minimum absolute atomic E-state index is 0. The molecule has 114 valence electrons. The summed E-state index contributed by atoms with van der Waals surface area (Å²) < 4.78 is 0. The second-order valence-electron chi connectivity index (χ2n) is 4.52. The number of thiophene rings is 1. The second kappa shape index (κ2) is 8.79. The molecule has 2 aromatic rings. The van der Waals surface area contributed by atoms with Crippen LogP contribution in [-0.2, 0) is 4.79 Å². The van der Waals surface area contributed by atoms with Crippen molar-refractivity contribution in [2.75, 3.05) is 13.1 Å². The molecule has 1 heterocycles. The van der Waals surface area contributed by atoms with E-state index in [1.54, 1.807) is 0 Å². The maximum atomic E-state index is 12.1. The van der Waals surface area contributed by atoms with E-state index in [-0.39, 0.29) is 37.3 Å². The highest BCUT2D eigenvalue weighted by Gasteiger charge is 2.19. The molecule has 0 saturated heterocycles. The normalized spacial score (nSPS) is 13.0. The van der Waals surface area contributed by atoms with Crippen molar-refractivity contribution in [2.24, 2.45) is 5.73 Å². The summed E-state index contributed by atoms with van der Waals surface area (Å²) >= 11 is 1.52. The lowest BCUT2D eigenvalue weighted by atomic mass is 9.98. The number of nitrogens with two attached hydrogens (primary N) is 1. The highest BCUT2D eigenvalue weighted by molar-refractivity contribution is 7.07. The van der Waals surface area contributed by atoms with Crippen LogP contribution in [0.3, 0.4) is 0 Å². The minimum atomic E-state index is -0.681. The lowest BCUT2D eigenvalue weighted by Crippen LogP contribution is -2.35. The molecule has 0 fully saturated rings. The fraction of sp³-hybridized carbons (Fsp3) is 0.267. The standard InChI is InChI=1S/C15H18N2O2S.ClH/c16-8-13(11-4-2-1-3-5-11)15(19)17-9-14(18)12-6-7-20-10-12;/h1-7,10,13-14,18H,8-9,16H2,(H,17,19);1H. The van der Waals surface area contributed by atoms with Gasteiger partial charge >= 0.3 is 0 Å². The van der Waals surface area contributed by atoms with Crippen LogP contribution in [0.2, 0.25) is 0 Å². The van der Waals surface area contributed by atoms with Crippen LogP contribution >= 0.6 is 23.7 Å². The van der Waals surface area contributed by atoms with Gasteiger partial charge in [0.2, 0.25) is 5.91 Å². The summed E-state index contributed by atoms with van der Waals surface area (Å²) in [7, 11) is 0. The number of hydrogen-bond donors (Lipinski definition) is 3. The number of amides is 1. The monoisotopic (exact) mass is 326 g/mol. The van der Waals surface area contributed by atoms with Gasteiger partial charge < -0.3 is 16.2 Å². The average molecular weight is 327 g/mol. The molecule has 0 spiro atoms. The fourth-order valence-electron chi connectivity index (χ4n) is 1.98. The molecule has 0 aliphatic heterocycles. The Labute approximate surface area is 134 Å². The first kappa shape index (κ1) is 17.7. The zero-order valence-corrected chi connectivity index (χ0v) is 13.1. The molecule has 1 aromatic carbocycles. The molecule has 21 heavy (non-hydrogen) atoms. The molecule has 2 rings (SSSR count). The number of halogens is 1. The Kier molecular flexibility index (Phi) is 7.39. The van der Waals surface area contributed by atoms with E-state index in [1.807, 2.05) is 47.2 Å². The molecule has 0 saturated carbocycles. The summed E-state index contributed by atoms with van der Waals surface area (Å²) in [5.41, 5.74) is 7.39. The third kappa shape index (κ3) is 4.82. The zero-order chi connectivity index (χ0) is 14.4. The Morgan fingerprint density at radius 2 is 1.95 bits per heavy atom. The summed E-state index contributed by atoms with van der Waals surface area (Å²) in [6.45, 7) is 0.434. The number of benzene rings is 1. The quantitative estimate of drug-likeness (QED) is 0.760. The number of carbonyl (C=O) groups excluding carboxylic acids is 1. The van der Waals surface area contributed by atoms with Gasteiger partial charge in [-0.05, 0) is 28.0 Å². The summed E-state index contributed by atoms with van der Waals surface area (Å²) in [6.07, 6.45) is -0.681. The van der Waals surface area contributed by atoms with Crippen LogP contribution in [-0.4, -0.2) is 24.1 Å². The van der Waals surface area contributed by atoms with Crippen LogP contribution < -0.4 is 11.1 Å². The molecule has 1 amide bonds. The van der Waals surface area contributed by atoms with Crippen molar-refractivity contribution in [1.29, 1.82) is 0 Å². The largest absolute Gasteiger partial charge is 0.387 e. The molecule has 1 aromatic heterocycles. The lowest BCUT2D eigenvalue weighted by Gasteiger charge is -2.17. The molecule has 0 aliphatic carbocycles. The first-order valence-corrected chi connectivity index (χ1v) is 7.39. The van der Waals surface area contributed by atoms with E-state index in [0.717, 1.165) is 11.1 Å². The van der Waals surface area contributed by atoms with Crippen LogP contribution in [0.1, 0.15) is 23.1 Å². The molecule has 4 nitrogen and oxygen atoms in total. The lowest BCUT2D eigenvalue weighted by molar-refractivity contribution is -0.122. The van der Waals surface area contributed by atoms with Gasteiger partial charge in [-0.2, -0.15) is 11.3 Å². The van der Waals surface area contributed by atoms with Crippen LogP contribution in [0.15, 0.2) is 47.2 Å². The molecule has 2 atom stereocenters. The summed E-state index contributed by atoms with van der Waals surface area (Å²) in [6, 6.07) is 11.3. The molecule has 4 N–H and O–H groups in total. The van der Waals surface area contributed by atoms with Gasteiger partial charge in [-0.25, -0.2) is 0 Å². The minimum Gasteiger partial charge on any atom is -0.387 e. The number of aliphatic hydroxyl groups excluding tert-OH is 1. The number of rotatable bonds is 6. The third-order valence-electron chi connectivity index (χ3n) is 3.15. The summed E-state index contributed by atoms with van der Waals surface area (Å²) in [4.78, 5) is 12.1. The molecule has 6 heteroatoms. The van der Waals surface area contributed by atoms with Crippen LogP contribution in [0.5, 0.6) is 0 Å². The highest BCUT2D eigenvalue weighted by atomic mass is 35.5. The first-order chi connectivity index (χ1) is 9.72. The highest BCUT2D eigenvalue weighted by Crippen LogP contribution is 2.17. The van der Waals surface area contributed by atoms with Crippen LogP contribution in [0.25, 0.3) is 0 Å².